The molecule has 1 N–H and O–H groups in total. The number of aryl methyl sites for hydroxylation is 1. The summed E-state index contributed by atoms with van der Waals surface area (Å²) in [5.74, 6) is 0.999. The number of benzene rings is 2. The molecule has 1 aromatic heterocycles. The third kappa shape index (κ3) is 5.83. The van der Waals surface area contributed by atoms with Gasteiger partial charge >= 0.3 is 0 Å². The number of para-hydroxylation sites is 1. The first-order valence-corrected chi connectivity index (χ1v) is 12.0. The highest BCUT2D eigenvalue weighted by atomic mass is 32.1. The Kier molecular flexibility index (Phi) is 7.54. The number of methoxy groups -OCH3 is 1. The summed E-state index contributed by atoms with van der Waals surface area (Å²) in [6.07, 6.45) is 5.82. The van der Waals surface area contributed by atoms with Crippen LogP contribution in [0.4, 0.5) is 0 Å². The molecule has 2 heterocycles. The van der Waals surface area contributed by atoms with E-state index in [1.54, 1.807) is 18.4 Å². The fraction of sp³-hybridized carbons (Fsp3) is 0.440. The van der Waals surface area contributed by atoms with E-state index >= 15 is 0 Å². The van der Waals surface area contributed by atoms with Crippen LogP contribution in [0.5, 0.6) is 5.75 Å². The number of hydrogen-bond donors (Lipinski definition) is 1. The monoisotopic (exact) mass is 437 g/mol. The van der Waals surface area contributed by atoms with Gasteiger partial charge in [0.25, 0.3) is 0 Å². The van der Waals surface area contributed by atoms with E-state index in [9.17, 15) is 4.79 Å². The van der Waals surface area contributed by atoms with Gasteiger partial charge in [-0.05, 0) is 75.0 Å². The zero-order chi connectivity index (χ0) is 21.5. The average Bonchev–Trinajstić information content (AvgIpc) is 3.47. The first-order chi connectivity index (χ1) is 15.2. The molecule has 1 atom stereocenters. The van der Waals surface area contributed by atoms with Gasteiger partial charge in [0.05, 0.1) is 28.4 Å². The molecule has 1 unspecified atom stereocenters. The standard InChI is InChI=1S/C25H31N3O2S/c1-30-20-10-8-9-19(17-20)22(28-15-6-7-16-28)18-26-24(29)13-4-5-14-25-27-21-11-2-3-12-23(21)31-25/h2-3,8-12,17,22H,4-7,13-16,18H2,1H3,(H,26,29). The summed E-state index contributed by atoms with van der Waals surface area (Å²) >= 11 is 1.76. The number of aromatic nitrogens is 1. The Morgan fingerprint density at radius 1 is 1.16 bits per heavy atom. The van der Waals surface area contributed by atoms with Gasteiger partial charge < -0.3 is 10.1 Å². The number of unbranched alkanes of at least 4 members (excludes halogenated alkanes) is 1. The molecule has 1 fully saturated rings. The molecule has 2 aromatic carbocycles. The summed E-state index contributed by atoms with van der Waals surface area (Å²) in [5.41, 5.74) is 2.28. The Morgan fingerprint density at radius 2 is 2.00 bits per heavy atom. The third-order valence-corrected chi connectivity index (χ3v) is 7.03. The number of fused-ring (bicyclic) bond motifs is 1. The lowest BCUT2D eigenvalue weighted by Gasteiger charge is -2.28. The van der Waals surface area contributed by atoms with Gasteiger partial charge in [-0.15, -0.1) is 11.3 Å². The zero-order valence-electron chi connectivity index (χ0n) is 18.2. The molecule has 0 radical (unpaired) electrons. The van der Waals surface area contributed by atoms with Crippen molar-refractivity contribution in [1.82, 2.24) is 15.2 Å². The molecule has 164 valence electrons. The average molecular weight is 438 g/mol. The molecular weight excluding hydrogens is 406 g/mol. The molecular formula is C25H31N3O2S. The topological polar surface area (TPSA) is 54.5 Å². The lowest BCUT2D eigenvalue weighted by Crippen LogP contribution is -2.36. The second kappa shape index (κ2) is 10.7. The van der Waals surface area contributed by atoms with E-state index in [2.05, 4.69) is 45.5 Å². The Bertz CT molecular complexity index is 964. The molecule has 0 spiro atoms. The van der Waals surface area contributed by atoms with Gasteiger partial charge in [-0.1, -0.05) is 24.3 Å². The minimum absolute atomic E-state index is 0.136. The second-order valence-corrected chi connectivity index (χ2v) is 9.24. The molecule has 3 aromatic rings. The Morgan fingerprint density at radius 3 is 2.81 bits per heavy atom. The lowest BCUT2D eigenvalue weighted by molar-refractivity contribution is -0.121. The fourth-order valence-corrected chi connectivity index (χ4v) is 5.26. The predicted molar refractivity (Wildman–Crippen MR) is 127 cm³/mol. The highest BCUT2D eigenvalue weighted by Crippen LogP contribution is 2.27. The number of nitrogens with one attached hydrogen (secondary N) is 1. The van der Waals surface area contributed by atoms with E-state index in [1.165, 1.54) is 23.1 Å². The van der Waals surface area contributed by atoms with Gasteiger partial charge in [0.1, 0.15) is 5.75 Å². The molecule has 1 amide bonds. The van der Waals surface area contributed by atoms with Crippen molar-refractivity contribution < 1.29 is 9.53 Å². The molecule has 1 aliphatic heterocycles. The largest absolute Gasteiger partial charge is 0.497 e. The normalized spacial score (nSPS) is 15.3. The molecule has 1 aliphatic rings. The Balaban J connectivity index is 1.25. The highest BCUT2D eigenvalue weighted by molar-refractivity contribution is 7.18. The summed E-state index contributed by atoms with van der Waals surface area (Å²) < 4.78 is 6.64. The van der Waals surface area contributed by atoms with Crippen molar-refractivity contribution in [2.24, 2.45) is 0 Å². The zero-order valence-corrected chi connectivity index (χ0v) is 19.0. The minimum atomic E-state index is 0.136. The summed E-state index contributed by atoms with van der Waals surface area (Å²) in [5, 5.41) is 4.34. The van der Waals surface area contributed by atoms with E-state index in [0.717, 1.165) is 48.6 Å². The van der Waals surface area contributed by atoms with Crippen molar-refractivity contribution in [3.05, 3.63) is 59.1 Å². The van der Waals surface area contributed by atoms with Gasteiger partial charge in [-0.3, -0.25) is 9.69 Å². The number of nitrogens with zero attached hydrogens (tertiary/aromatic N) is 2. The molecule has 0 bridgehead atoms. The van der Waals surface area contributed by atoms with Crippen LogP contribution in [0, 0.1) is 0 Å². The van der Waals surface area contributed by atoms with Crippen LogP contribution in [0.2, 0.25) is 0 Å². The van der Waals surface area contributed by atoms with Crippen molar-refractivity contribution in [3.8, 4) is 5.75 Å². The van der Waals surface area contributed by atoms with Crippen LogP contribution >= 0.6 is 11.3 Å². The number of ether oxygens (including phenoxy) is 1. The SMILES string of the molecule is COc1cccc(C(CNC(=O)CCCCc2nc3ccccc3s2)N2CCCC2)c1. The van der Waals surface area contributed by atoms with Crippen LogP contribution in [0.25, 0.3) is 10.2 Å². The molecule has 0 aliphatic carbocycles. The van der Waals surface area contributed by atoms with Crippen molar-refractivity contribution >= 4 is 27.5 Å². The van der Waals surface area contributed by atoms with Gasteiger partial charge in [0.15, 0.2) is 0 Å². The van der Waals surface area contributed by atoms with Crippen LogP contribution in [0.3, 0.4) is 0 Å². The van der Waals surface area contributed by atoms with Crippen LogP contribution in [0.15, 0.2) is 48.5 Å². The second-order valence-electron chi connectivity index (χ2n) is 8.12. The molecule has 6 heteroatoms. The van der Waals surface area contributed by atoms with Gasteiger partial charge in [0.2, 0.25) is 5.91 Å². The van der Waals surface area contributed by atoms with E-state index in [-0.39, 0.29) is 11.9 Å². The maximum atomic E-state index is 12.5. The van der Waals surface area contributed by atoms with E-state index < -0.39 is 0 Å². The summed E-state index contributed by atoms with van der Waals surface area (Å²) in [6, 6.07) is 16.7. The first-order valence-electron chi connectivity index (χ1n) is 11.2. The first kappa shape index (κ1) is 21.8. The number of carbonyl (C=O) groups excluding carboxylic acids is 1. The number of rotatable bonds is 10. The van der Waals surface area contributed by atoms with Gasteiger partial charge in [-0.25, -0.2) is 4.98 Å². The van der Waals surface area contributed by atoms with Crippen molar-refractivity contribution in [2.75, 3.05) is 26.7 Å². The quantitative estimate of drug-likeness (QED) is 0.455. The van der Waals surface area contributed by atoms with E-state index in [4.69, 9.17) is 4.74 Å². The maximum absolute atomic E-state index is 12.5. The number of likely N-dealkylation sites (tertiary alicyclic amines) is 1. The van der Waals surface area contributed by atoms with Crippen LogP contribution in [-0.4, -0.2) is 42.5 Å². The van der Waals surface area contributed by atoms with Crippen molar-refractivity contribution in [1.29, 1.82) is 0 Å². The molecule has 1 saturated heterocycles. The van der Waals surface area contributed by atoms with Crippen LogP contribution < -0.4 is 10.1 Å². The molecule has 31 heavy (non-hydrogen) atoms. The van der Waals surface area contributed by atoms with Gasteiger partial charge in [0, 0.05) is 13.0 Å². The fourth-order valence-electron chi connectivity index (χ4n) is 4.25. The highest BCUT2D eigenvalue weighted by Gasteiger charge is 2.24. The molecule has 0 saturated carbocycles. The number of amides is 1. The third-order valence-electron chi connectivity index (χ3n) is 5.94. The summed E-state index contributed by atoms with van der Waals surface area (Å²) in [7, 11) is 1.69. The smallest absolute Gasteiger partial charge is 0.220 e. The summed E-state index contributed by atoms with van der Waals surface area (Å²) in [4.78, 5) is 19.7. The number of thiazole rings is 1. The van der Waals surface area contributed by atoms with Crippen LogP contribution in [0.1, 0.15) is 48.7 Å². The van der Waals surface area contributed by atoms with E-state index in [0.29, 0.717) is 13.0 Å². The Labute approximate surface area is 188 Å². The predicted octanol–water partition coefficient (Wildman–Crippen LogP) is 4.97. The summed E-state index contributed by atoms with van der Waals surface area (Å²) in [6.45, 7) is 2.81. The molecule has 5 nitrogen and oxygen atoms in total. The maximum Gasteiger partial charge on any atom is 0.220 e. The van der Waals surface area contributed by atoms with Crippen molar-refractivity contribution in [2.45, 2.75) is 44.6 Å². The number of hydrogen-bond acceptors (Lipinski definition) is 5. The molecule has 4 rings (SSSR count). The Hall–Kier alpha value is -2.44. The minimum Gasteiger partial charge on any atom is -0.497 e. The van der Waals surface area contributed by atoms with Gasteiger partial charge in [-0.2, -0.15) is 0 Å². The number of carbonyl (C=O) groups is 1. The van der Waals surface area contributed by atoms with Crippen LogP contribution in [-0.2, 0) is 11.2 Å². The lowest BCUT2D eigenvalue weighted by atomic mass is 10.0. The van der Waals surface area contributed by atoms with E-state index in [1.807, 2.05) is 18.2 Å². The van der Waals surface area contributed by atoms with Crippen molar-refractivity contribution in [3.63, 3.8) is 0 Å².